The van der Waals surface area contributed by atoms with Crippen LogP contribution in [-0.4, -0.2) is 23.2 Å². The Morgan fingerprint density at radius 3 is 2.48 bits per heavy atom. The third-order valence-corrected chi connectivity index (χ3v) is 5.36. The summed E-state index contributed by atoms with van der Waals surface area (Å²) in [6.45, 7) is 0.0108. The molecular weight excluding hydrogens is 449 g/mol. The molecule has 6 nitrogen and oxygen atoms in total. The smallest absolute Gasteiger partial charge is 0.246 e. The molecule has 0 bridgehead atoms. The highest BCUT2D eigenvalue weighted by molar-refractivity contribution is 9.10. The molecule has 2 aromatic carbocycles. The van der Waals surface area contributed by atoms with E-state index in [1.807, 2.05) is 0 Å². The molecule has 0 aliphatic rings. The zero-order valence-electron chi connectivity index (χ0n) is 13.5. The summed E-state index contributed by atoms with van der Waals surface area (Å²) in [5.41, 5.74) is -0.409. The Hall–Kier alpha value is -2.40. The van der Waals surface area contributed by atoms with Crippen molar-refractivity contribution in [3.05, 3.63) is 70.5 Å². The summed E-state index contributed by atoms with van der Waals surface area (Å²) >= 11 is 3.22. The van der Waals surface area contributed by atoms with Crippen molar-refractivity contribution in [1.82, 2.24) is 14.8 Å². The van der Waals surface area contributed by atoms with Crippen molar-refractivity contribution < 1.29 is 21.6 Å². The van der Waals surface area contributed by atoms with Gasteiger partial charge in [0.25, 0.3) is 16.0 Å². The van der Waals surface area contributed by atoms with Gasteiger partial charge in [0.15, 0.2) is 0 Å². The molecule has 0 radical (unpaired) electrons. The van der Waals surface area contributed by atoms with Gasteiger partial charge in [0, 0.05) is 4.47 Å². The summed E-state index contributed by atoms with van der Waals surface area (Å²) < 4.78 is 67.1. The van der Waals surface area contributed by atoms with Gasteiger partial charge in [0.1, 0.15) is 6.33 Å². The third-order valence-electron chi connectivity index (χ3n) is 3.48. The Morgan fingerprint density at radius 1 is 1.11 bits per heavy atom. The van der Waals surface area contributed by atoms with Crippen molar-refractivity contribution in [3.63, 3.8) is 0 Å². The molecule has 0 fully saturated rings. The average Bonchev–Trinajstić information content (AvgIpc) is 3.01. The Kier molecular flexibility index (Phi) is 5.24. The molecule has 0 amide bonds. The molecule has 3 aromatic rings. The quantitative estimate of drug-likeness (QED) is 0.626. The standard InChI is InChI=1S/C16H12BrF3N4O2S/c17-13-4-6-14(7-5-13)27(25,26)23-15-21-10-24(22-15)9-11-2-1-3-12(8-11)16(18,19)20/h1-8,10H,9H2,(H,22,23). The number of sulfonamides is 1. The molecule has 0 atom stereocenters. The van der Waals surface area contributed by atoms with Crippen LogP contribution in [0.1, 0.15) is 11.1 Å². The molecule has 0 aliphatic heterocycles. The monoisotopic (exact) mass is 460 g/mol. The van der Waals surface area contributed by atoms with Gasteiger partial charge < -0.3 is 0 Å². The Balaban J connectivity index is 1.75. The van der Waals surface area contributed by atoms with Gasteiger partial charge in [-0.15, -0.1) is 5.10 Å². The van der Waals surface area contributed by atoms with Gasteiger partial charge in [-0.25, -0.2) is 17.8 Å². The maximum Gasteiger partial charge on any atom is 0.416 e. The van der Waals surface area contributed by atoms with Gasteiger partial charge in [0.2, 0.25) is 0 Å². The predicted octanol–water partition coefficient (Wildman–Crippen LogP) is 3.91. The lowest BCUT2D eigenvalue weighted by atomic mass is 10.1. The number of nitrogens with zero attached hydrogens (tertiary/aromatic N) is 3. The molecule has 1 N–H and O–H groups in total. The molecule has 0 spiro atoms. The summed E-state index contributed by atoms with van der Waals surface area (Å²) in [6, 6.07) is 10.8. The number of anilines is 1. The number of hydrogen-bond acceptors (Lipinski definition) is 4. The normalized spacial score (nSPS) is 12.1. The Morgan fingerprint density at radius 2 is 1.81 bits per heavy atom. The summed E-state index contributed by atoms with van der Waals surface area (Å²) in [5, 5.41) is 3.95. The molecule has 0 saturated heterocycles. The first-order valence-corrected chi connectivity index (χ1v) is 9.75. The molecule has 27 heavy (non-hydrogen) atoms. The first-order chi connectivity index (χ1) is 12.6. The van der Waals surface area contributed by atoms with Crippen LogP contribution in [0.25, 0.3) is 0 Å². The highest BCUT2D eigenvalue weighted by atomic mass is 79.9. The number of nitrogens with one attached hydrogen (secondary N) is 1. The molecule has 0 aliphatic carbocycles. The third kappa shape index (κ3) is 4.86. The fraction of sp³-hybridized carbons (Fsp3) is 0.125. The van der Waals surface area contributed by atoms with Crippen LogP contribution in [-0.2, 0) is 22.7 Å². The minimum atomic E-state index is -4.44. The van der Waals surface area contributed by atoms with E-state index in [4.69, 9.17) is 0 Å². The lowest BCUT2D eigenvalue weighted by Gasteiger charge is -2.08. The number of benzene rings is 2. The van der Waals surface area contributed by atoms with E-state index < -0.39 is 21.8 Å². The van der Waals surface area contributed by atoms with Crippen molar-refractivity contribution in [2.24, 2.45) is 0 Å². The minimum absolute atomic E-state index is 0.0108. The molecule has 0 saturated carbocycles. The van der Waals surface area contributed by atoms with Crippen LogP contribution in [0.5, 0.6) is 0 Å². The van der Waals surface area contributed by atoms with E-state index in [-0.39, 0.29) is 17.4 Å². The number of alkyl halides is 3. The first-order valence-electron chi connectivity index (χ1n) is 7.47. The Labute approximate surface area is 161 Å². The largest absolute Gasteiger partial charge is 0.416 e. The van der Waals surface area contributed by atoms with Crippen molar-refractivity contribution >= 4 is 31.9 Å². The molecule has 1 aromatic heterocycles. The van der Waals surface area contributed by atoms with Crippen molar-refractivity contribution in [3.8, 4) is 0 Å². The van der Waals surface area contributed by atoms with Crippen LogP contribution in [0.15, 0.2) is 64.2 Å². The van der Waals surface area contributed by atoms with Crippen molar-refractivity contribution in [2.75, 3.05) is 4.72 Å². The van der Waals surface area contributed by atoms with Crippen molar-refractivity contribution in [1.29, 1.82) is 0 Å². The second kappa shape index (κ2) is 7.31. The maximum absolute atomic E-state index is 12.8. The van der Waals surface area contributed by atoms with Gasteiger partial charge in [0.05, 0.1) is 17.0 Å². The van der Waals surface area contributed by atoms with Crippen LogP contribution >= 0.6 is 15.9 Å². The van der Waals surface area contributed by atoms with E-state index in [2.05, 4.69) is 30.7 Å². The van der Waals surface area contributed by atoms with Crippen LogP contribution in [0.4, 0.5) is 19.1 Å². The van der Waals surface area contributed by atoms with Crippen LogP contribution in [0, 0.1) is 0 Å². The van der Waals surface area contributed by atoms with E-state index in [0.717, 1.165) is 16.6 Å². The van der Waals surface area contributed by atoms with Gasteiger partial charge >= 0.3 is 6.18 Å². The van der Waals surface area contributed by atoms with Crippen LogP contribution in [0.2, 0.25) is 0 Å². The molecule has 11 heteroatoms. The lowest BCUT2D eigenvalue weighted by Crippen LogP contribution is -2.14. The average molecular weight is 461 g/mol. The fourth-order valence-corrected chi connectivity index (χ4v) is 3.45. The fourth-order valence-electron chi connectivity index (χ4n) is 2.24. The topological polar surface area (TPSA) is 76.9 Å². The van der Waals surface area contributed by atoms with Gasteiger partial charge in [-0.3, -0.25) is 0 Å². The van der Waals surface area contributed by atoms with E-state index >= 15 is 0 Å². The highest BCUT2D eigenvalue weighted by Crippen LogP contribution is 2.29. The molecule has 142 valence electrons. The van der Waals surface area contributed by atoms with E-state index in [9.17, 15) is 21.6 Å². The van der Waals surface area contributed by atoms with Crippen molar-refractivity contribution in [2.45, 2.75) is 17.6 Å². The molecular formula is C16H12BrF3N4O2S. The second-order valence-corrected chi connectivity index (χ2v) is 8.12. The molecule has 0 unspecified atom stereocenters. The summed E-state index contributed by atoms with van der Waals surface area (Å²) in [6.07, 6.45) is -3.20. The van der Waals surface area contributed by atoms with Gasteiger partial charge in [-0.2, -0.15) is 18.2 Å². The summed E-state index contributed by atoms with van der Waals surface area (Å²) in [5.74, 6) is -0.176. The number of rotatable bonds is 5. The SMILES string of the molecule is O=S(=O)(Nc1ncn(Cc2cccc(C(F)(F)F)c2)n1)c1ccc(Br)cc1. The minimum Gasteiger partial charge on any atom is -0.246 e. The molecule has 3 rings (SSSR count). The van der Waals surface area contributed by atoms with Crippen LogP contribution < -0.4 is 4.72 Å². The van der Waals surface area contributed by atoms with E-state index in [0.29, 0.717) is 5.56 Å². The van der Waals surface area contributed by atoms with Gasteiger partial charge in [-0.05, 0) is 42.0 Å². The molecule has 1 heterocycles. The predicted molar refractivity (Wildman–Crippen MR) is 95.5 cm³/mol. The lowest BCUT2D eigenvalue weighted by molar-refractivity contribution is -0.137. The highest BCUT2D eigenvalue weighted by Gasteiger charge is 2.30. The number of hydrogen-bond donors (Lipinski definition) is 1. The second-order valence-electron chi connectivity index (χ2n) is 5.52. The number of halogens is 4. The van der Waals surface area contributed by atoms with Crippen LogP contribution in [0.3, 0.4) is 0 Å². The number of aromatic nitrogens is 3. The van der Waals surface area contributed by atoms with E-state index in [1.54, 1.807) is 12.1 Å². The maximum atomic E-state index is 12.8. The summed E-state index contributed by atoms with van der Waals surface area (Å²) in [4.78, 5) is 3.87. The van der Waals surface area contributed by atoms with Gasteiger partial charge in [-0.1, -0.05) is 28.1 Å². The summed E-state index contributed by atoms with van der Waals surface area (Å²) in [7, 11) is -3.87. The first kappa shape index (κ1) is 19.4. The Bertz CT molecular complexity index is 1050. The zero-order valence-corrected chi connectivity index (χ0v) is 15.9. The van der Waals surface area contributed by atoms with E-state index in [1.165, 1.54) is 35.3 Å². The zero-order chi connectivity index (χ0) is 19.7.